The SMILES string of the molecule is CSI1CC1. The third-order valence-corrected chi connectivity index (χ3v) is 8.76. The average Bonchev–Trinajstić information content (AvgIpc) is 2.12. The number of hydrogen-bond acceptors (Lipinski definition) is 1. The molecule has 0 N–H and O–H groups in total. The van der Waals surface area contributed by atoms with Gasteiger partial charge in [0.25, 0.3) is 0 Å². The number of hydrogen-bond donors (Lipinski definition) is 0. The Hall–Kier alpha value is 1.08. The van der Waals surface area contributed by atoms with E-state index in [9.17, 15) is 0 Å². The van der Waals surface area contributed by atoms with E-state index in [0.717, 1.165) is 0 Å². The van der Waals surface area contributed by atoms with Gasteiger partial charge in [0.1, 0.15) is 0 Å². The van der Waals surface area contributed by atoms with E-state index in [1.54, 1.807) is 8.86 Å². The van der Waals surface area contributed by atoms with Gasteiger partial charge in [0.05, 0.1) is 0 Å². The van der Waals surface area contributed by atoms with Crippen molar-refractivity contribution < 1.29 is 0 Å². The second-order valence-electron chi connectivity index (χ2n) is 0.939. The van der Waals surface area contributed by atoms with E-state index in [1.165, 1.54) is 0 Å². The van der Waals surface area contributed by atoms with Crippen LogP contribution in [0.3, 0.4) is 0 Å². The van der Waals surface area contributed by atoms with Crippen molar-refractivity contribution in [1.29, 1.82) is 0 Å². The summed E-state index contributed by atoms with van der Waals surface area (Å²) in [6, 6.07) is 0. The number of alkyl halides is 2. The van der Waals surface area contributed by atoms with Crippen molar-refractivity contribution in [3.05, 3.63) is 0 Å². The van der Waals surface area contributed by atoms with E-state index in [1.807, 2.05) is 0 Å². The van der Waals surface area contributed by atoms with Gasteiger partial charge in [-0.15, -0.1) is 0 Å². The molecule has 0 aliphatic carbocycles. The molecule has 5 heavy (non-hydrogen) atoms. The zero-order valence-corrected chi connectivity index (χ0v) is 6.17. The van der Waals surface area contributed by atoms with Crippen LogP contribution in [0.15, 0.2) is 0 Å². The van der Waals surface area contributed by atoms with Crippen LogP contribution in [-0.4, -0.2) is 15.1 Å². The van der Waals surface area contributed by atoms with Gasteiger partial charge in [0.2, 0.25) is 0 Å². The molecule has 0 spiro atoms. The van der Waals surface area contributed by atoms with Crippen LogP contribution in [-0.2, 0) is 0 Å². The van der Waals surface area contributed by atoms with Gasteiger partial charge in [-0.05, 0) is 0 Å². The standard InChI is InChI=1S/C3H7IS/c1-5-4-2-3-4/h2-3H2,1H3. The Morgan fingerprint density at radius 2 is 2.20 bits per heavy atom. The van der Waals surface area contributed by atoms with Crippen molar-refractivity contribution in [3.63, 3.8) is 0 Å². The van der Waals surface area contributed by atoms with Crippen molar-refractivity contribution in [2.24, 2.45) is 0 Å². The Morgan fingerprint density at radius 1 is 1.60 bits per heavy atom. The maximum absolute atomic E-state index is 2.25. The van der Waals surface area contributed by atoms with E-state index in [-0.39, 0.29) is 18.4 Å². The molecule has 0 atom stereocenters. The number of halogens is 1. The van der Waals surface area contributed by atoms with Gasteiger partial charge in [-0.2, -0.15) is 0 Å². The fourth-order valence-corrected chi connectivity index (χ4v) is 7.04. The number of rotatable bonds is 1. The second-order valence-corrected chi connectivity index (χ2v) is 11.3. The first-order chi connectivity index (χ1) is 2.43. The van der Waals surface area contributed by atoms with Crippen molar-refractivity contribution >= 4 is 27.4 Å². The molecule has 0 unspecified atom stereocenters. The molecule has 0 aromatic heterocycles. The van der Waals surface area contributed by atoms with Gasteiger partial charge in [-0.3, -0.25) is 0 Å². The molecule has 0 bridgehead atoms. The van der Waals surface area contributed by atoms with Gasteiger partial charge >= 0.3 is 42.5 Å². The predicted octanol–water partition coefficient (Wildman–Crippen LogP) is 1.78. The Balaban J connectivity index is 2.00. The zero-order valence-electron chi connectivity index (χ0n) is 3.20. The van der Waals surface area contributed by atoms with Gasteiger partial charge in [-0.1, -0.05) is 0 Å². The third-order valence-electron chi connectivity index (χ3n) is 0.562. The molecule has 1 heterocycles. The summed E-state index contributed by atoms with van der Waals surface area (Å²) in [5.74, 6) is 0. The topological polar surface area (TPSA) is 0 Å². The van der Waals surface area contributed by atoms with Crippen LogP contribution >= 0.6 is 27.4 Å². The quantitative estimate of drug-likeness (QED) is 0.461. The van der Waals surface area contributed by atoms with Crippen LogP contribution in [0, 0.1) is 0 Å². The average molecular weight is 202 g/mol. The van der Waals surface area contributed by atoms with Gasteiger partial charge in [-0.25, -0.2) is 0 Å². The summed E-state index contributed by atoms with van der Waals surface area (Å²) in [4.78, 5) is 0. The minimum absolute atomic E-state index is 0.115. The van der Waals surface area contributed by atoms with E-state index < -0.39 is 0 Å². The Morgan fingerprint density at radius 3 is 2.20 bits per heavy atom. The van der Waals surface area contributed by atoms with Gasteiger partial charge in [0.15, 0.2) is 0 Å². The molecular formula is C3H7IS. The molecule has 1 fully saturated rings. The maximum atomic E-state index is 2.25. The molecular weight excluding hydrogens is 195 g/mol. The van der Waals surface area contributed by atoms with Crippen LogP contribution < -0.4 is 0 Å². The van der Waals surface area contributed by atoms with Crippen LogP contribution in [0.4, 0.5) is 0 Å². The normalized spacial score (nSPS) is 27.0. The molecule has 1 rings (SSSR count). The third kappa shape index (κ3) is 1.30. The summed E-state index contributed by atoms with van der Waals surface area (Å²) in [6.07, 6.45) is 2.25. The summed E-state index contributed by atoms with van der Waals surface area (Å²) in [7, 11) is 2.15. The van der Waals surface area contributed by atoms with Crippen LogP contribution in [0.2, 0.25) is 0 Å². The summed E-state index contributed by atoms with van der Waals surface area (Å²) in [5.41, 5.74) is 0. The van der Waals surface area contributed by atoms with Crippen molar-refractivity contribution in [2.75, 3.05) is 15.1 Å². The molecule has 0 amide bonds. The van der Waals surface area contributed by atoms with E-state index in [2.05, 4.69) is 15.2 Å². The Bertz CT molecular complexity index is 33.9. The summed E-state index contributed by atoms with van der Waals surface area (Å²) >= 11 is -0.115. The second kappa shape index (κ2) is 1.69. The van der Waals surface area contributed by atoms with Crippen molar-refractivity contribution in [3.8, 4) is 0 Å². The van der Waals surface area contributed by atoms with Gasteiger partial charge in [0, 0.05) is 0 Å². The summed E-state index contributed by atoms with van der Waals surface area (Å²) in [6.45, 7) is 0. The first-order valence-corrected chi connectivity index (χ1v) is 8.42. The van der Waals surface area contributed by atoms with Gasteiger partial charge < -0.3 is 0 Å². The summed E-state index contributed by atoms with van der Waals surface area (Å²) < 4.78 is 3.26. The molecule has 1 aliphatic rings. The molecule has 0 aromatic rings. The van der Waals surface area contributed by atoms with Crippen LogP contribution in [0.25, 0.3) is 0 Å². The Kier molecular flexibility index (Phi) is 1.43. The predicted molar refractivity (Wildman–Crippen MR) is 37.3 cm³/mol. The van der Waals surface area contributed by atoms with E-state index in [4.69, 9.17) is 0 Å². The zero-order chi connectivity index (χ0) is 3.70. The van der Waals surface area contributed by atoms with Crippen LogP contribution in [0.5, 0.6) is 0 Å². The fourth-order valence-electron chi connectivity index (χ4n) is 0.183. The first-order valence-electron chi connectivity index (χ1n) is 1.60. The van der Waals surface area contributed by atoms with E-state index >= 15 is 0 Å². The van der Waals surface area contributed by atoms with Crippen LogP contribution in [0.1, 0.15) is 0 Å². The molecule has 1 aliphatic heterocycles. The van der Waals surface area contributed by atoms with Crippen molar-refractivity contribution in [2.45, 2.75) is 0 Å². The minimum atomic E-state index is -0.115. The molecule has 0 nitrogen and oxygen atoms in total. The molecule has 0 aromatic carbocycles. The van der Waals surface area contributed by atoms with Crippen molar-refractivity contribution in [1.82, 2.24) is 0 Å². The molecule has 2 heteroatoms. The molecule has 1 saturated heterocycles. The summed E-state index contributed by atoms with van der Waals surface area (Å²) in [5, 5.41) is 0. The fraction of sp³-hybridized carbons (Fsp3) is 1.00. The molecule has 32 valence electrons. The monoisotopic (exact) mass is 202 g/mol. The Labute approximate surface area is 42.5 Å². The first kappa shape index (κ1) is 4.24. The molecule has 0 radical (unpaired) electrons. The molecule has 0 saturated carbocycles. The van der Waals surface area contributed by atoms with E-state index in [0.29, 0.717) is 0 Å².